The third kappa shape index (κ3) is 4.82. The van der Waals surface area contributed by atoms with Crippen LogP contribution in [0.5, 0.6) is 0 Å². The topological polar surface area (TPSA) is 98.3 Å². The van der Waals surface area contributed by atoms with Gasteiger partial charge in [0.2, 0.25) is 5.91 Å². The van der Waals surface area contributed by atoms with Gasteiger partial charge in [-0.15, -0.1) is 0 Å². The quantitative estimate of drug-likeness (QED) is 0.525. The summed E-state index contributed by atoms with van der Waals surface area (Å²) in [5.74, 6) is -0.856. The smallest absolute Gasteiger partial charge is 0.340 e. The molecule has 0 spiro atoms. The van der Waals surface area contributed by atoms with Gasteiger partial charge in [0.05, 0.1) is 35.7 Å². The van der Waals surface area contributed by atoms with Gasteiger partial charge in [-0.2, -0.15) is 5.10 Å². The Morgan fingerprint density at radius 3 is 2.80 bits per heavy atom. The lowest BCUT2D eigenvalue weighted by molar-refractivity contribution is -0.113. The van der Waals surface area contributed by atoms with Gasteiger partial charge < -0.3 is 20.0 Å². The number of thioether (sulfide) groups is 1. The molecular weight excluding hydrogens is 471 g/mol. The van der Waals surface area contributed by atoms with Crippen LogP contribution in [0, 0.1) is 5.82 Å². The lowest BCUT2D eigenvalue weighted by atomic mass is 10.00. The molecule has 9 nitrogen and oxygen atoms in total. The molecule has 3 atom stereocenters. The molecule has 3 unspecified atom stereocenters. The summed E-state index contributed by atoms with van der Waals surface area (Å²) in [6.07, 6.45) is 4.58. The third-order valence-electron chi connectivity index (χ3n) is 6.01. The summed E-state index contributed by atoms with van der Waals surface area (Å²) in [5, 5.41) is 9.97. The second-order valence-corrected chi connectivity index (χ2v) is 9.16. The number of amidine groups is 1. The number of ether oxygens (including phenoxy) is 1. The van der Waals surface area contributed by atoms with Crippen molar-refractivity contribution < 1.29 is 18.7 Å². The maximum Gasteiger partial charge on any atom is 0.340 e. The SMILES string of the molecule is CCOC(=O)c1ccccc1NC(=O)CSC1=NNC2C3CC(c4ccc(F)cc4)NN3C=CN12. The van der Waals surface area contributed by atoms with E-state index in [1.165, 1.54) is 23.9 Å². The first-order valence-electron chi connectivity index (χ1n) is 11.3. The van der Waals surface area contributed by atoms with Crippen LogP contribution in [-0.4, -0.2) is 51.5 Å². The highest BCUT2D eigenvalue weighted by Crippen LogP contribution is 2.35. The van der Waals surface area contributed by atoms with E-state index in [1.54, 1.807) is 43.3 Å². The number of hydrazone groups is 1. The Hall–Kier alpha value is -3.57. The van der Waals surface area contributed by atoms with Gasteiger partial charge in [-0.05, 0) is 43.2 Å². The van der Waals surface area contributed by atoms with Crippen molar-refractivity contribution in [3.05, 3.63) is 77.9 Å². The van der Waals surface area contributed by atoms with Crippen molar-refractivity contribution in [1.29, 1.82) is 0 Å². The van der Waals surface area contributed by atoms with E-state index in [4.69, 9.17) is 4.74 Å². The predicted molar refractivity (Wildman–Crippen MR) is 131 cm³/mol. The van der Waals surface area contributed by atoms with Crippen molar-refractivity contribution in [2.24, 2.45) is 5.10 Å². The van der Waals surface area contributed by atoms with Gasteiger partial charge in [-0.3, -0.25) is 10.2 Å². The van der Waals surface area contributed by atoms with Crippen molar-refractivity contribution >= 4 is 34.5 Å². The van der Waals surface area contributed by atoms with Crippen LogP contribution >= 0.6 is 11.8 Å². The molecule has 1 amide bonds. The summed E-state index contributed by atoms with van der Waals surface area (Å²) in [6, 6.07) is 13.5. The Balaban J connectivity index is 1.18. The van der Waals surface area contributed by atoms with E-state index in [0.717, 1.165) is 12.0 Å². The van der Waals surface area contributed by atoms with Gasteiger partial charge in [0, 0.05) is 12.4 Å². The Morgan fingerprint density at radius 1 is 1.20 bits per heavy atom. The van der Waals surface area contributed by atoms with E-state index in [2.05, 4.69) is 21.3 Å². The monoisotopic (exact) mass is 496 g/mol. The van der Waals surface area contributed by atoms with Crippen LogP contribution < -0.4 is 16.2 Å². The third-order valence-corrected chi connectivity index (χ3v) is 6.97. The van der Waals surface area contributed by atoms with Gasteiger partial charge in [0.1, 0.15) is 12.0 Å². The summed E-state index contributed by atoms with van der Waals surface area (Å²) in [6.45, 7) is 1.99. The average Bonchev–Trinajstić information content (AvgIpc) is 3.48. The van der Waals surface area contributed by atoms with Gasteiger partial charge in [0.25, 0.3) is 0 Å². The molecule has 5 rings (SSSR count). The second-order valence-electron chi connectivity index (χ2n) is 8.22. The Labute approximate surface area is 206 Å². The number of halogens is 1. The van der Waals surface area contributed by atoms with E-state index in [-0.39, 0.29) is 42.3 Å². The molecule has 11 heteroatoms. The summed E-state index contributed by atoms with van der Waals surface area (Å²) in [4.78, 5) is 26.8. The minimum Gasteiger partial charge on any atom is -0.462 e. The number of esters is 1. The van der Waals surface area contributed by atoms with Crippen molar-refractivity contribution in [3.8, 4) is 0 Å². The molecule has 0 bridgehead atoms. The maximum absolute atomic E-state index is 13.3. The Morgan fingerprint density at radius 2 is 2.00 bits per heavy atom. The Bertz CT molecular complexity index is 1170. The minimum absolute atomic E-state index is 0.0638. The van der Waals surface area contributed by atoms with E-state index < -0.39 is 5.97 Å². The number of carbonyl (C=O) groups excluding carboxylic acids is 2. The number of hydrogen-bond donors (Lipinski definition) is 3. The van der Waals surface area contributed by atoms with Crippen LogP contribution in [0.2, 0.25) is 0 Å². The van der Waals surface area contributed by atoms with Crippen molar-refractivity contribution in [2.45, 2.75) is 31.6 Å². The standard InChI is InChI=1S/C24H25FN6O3S/c1-2-34-23(33)17-5-3-4-6-18(17)26-21(32)14-35-24-28-27-22-20-13-19(15-7-9-16(25)10-8-15)29-31(20)12-11-30(22)24/h3-12,19-20,22,27,29H,2,13-14H2,1H3,(H,26,32). The molecule has 3 aliphatic rings. The number of fused-ring (bicyclic) bond motifs is 3. The number of carbonyl (C=O) groups is 2. The molecule has 182 valence electrons. The number of para-hydroxylation sites is 1. The molecule has 35 heavy (non-hydrogen) atoms. The van der Waals surface area contributed by atoms with E-state index in [0.29, 0.717) is 16.4 Å². The molecule has 0 saturated carbocycles. The highest BCUT2D eigenvalue weighted by molar-refractivity contribution is 8.14. The highest BCUT2D eigenvalue weighted by Gasteiger charge is 2.44. The fourth-order valence-electron chi connectivity index (χ4n) is 4.36. The molecular formula is C24H25FN6O3S. The normalized spacial score (nSPS) is 22.2. The lowest BCUT2D eigenvalue weighted by Crippen LogP contribution is -2.54. The largest absolute Gasteiger partial charge is 0.462 e. The predicted octanol–water partition coefficient (Wildman–Crippen LogP) is 2.98. The molecule has 1 saturated heterocycles. The molecule has 3 N–H and O–H groups in total. The van der Waals surface area contributed by atoms with Gasteiger partial charge in [-0.1, -0.05) is 36.0 Å². The first kappa shape index (κ1) is 23.2. The number of amides is 1. The number of anilines is 1. The fourth-order valence-corrected chi connectivity index (χ4v) is 5.13. The van der Waals surface area contributed by atoms with Crippen LogP contribution in [0.4, 0.5) is 10.1 Å². The van der Waals surface area contributed by atoms with Crippen LogP contribution in [0.25, 0.3) is 0 Å². The Kier molecular flexibility index (Phi) is 6.60. The summed E-state index contributed by atoms with van der Waals surface area (Å²) < 4.78 is 18.4. The number of hydrogen-bond acceptors (Lipinski definition) is 9. The van der Waals surface area contributed by atoms with Crippen molar-refractivity contribution in [2.75, 3.05) is 17.7 Å². The van der Waals surface area contributed by atoms with Crippen molar-refractivity contribution in [1.82, 2.24) is 20.8 Å². The number of nitrogens with one attached hydrogen (secondary N) is 3. The minimum atomic E-state index is -0.476. The molecule has 1 fully saturated rings. The first-order valence-corrected chi connectivity index (χ1v) is 12.3. The van der Waals surface area contributed by atoms with Gasteiger partial charge in [-0.25, -0.2) is 14.6 Å². The summed E-state index contributed by atoms with van der Waals surface area (Å²) in [5.41, 5.74) is 8.39. The molecule has 0 aliphatic carbocycles. The van der Waals surface area contributed by atoms with Crippen molar-refractivity contribution in [3.63, 3.8) is 0 Å². The number of rotatable bonds is 6. The second kappa shape index (κ2) is 9.96. The van der Waals surface area contributed by atoms with Crippen LogP contribution in [-0.2, 0) is 9.53 Å². The molecule has 3 heterocycles. The van der Waals surface area contributed by atoms with E-state index in [1.807, 2.05) is 22.3 Å². The molecule has 2 aromatic carbocycles. The summed E-state index contributed by atoms with van der Waals surface area (Å²) >= 11 is 1.31. The van der Waals surface area contributed by atoms with E-state index >= 15 is 0 Å². The zero-order chi connectivity index (χ0) is 24.4. The zero-order valence-corrected chi connectivity index (χ0v) is 19.8. The molecule has 3 aliphatic heterocycles. The number of hydrazine groups is 1. The number of benzene rings is 2. The molecule has 0 radical (unpaired) electrons. The first-order chi connectivity index (χ1) is 17.0. The van der Waals surface area contributed by atoms with Crippen LogP contribution in [0.1, 0.15) is 35.3 Å². The fraction of sp³-hybridized carbons (Fsp3) is 0.292. The maximum atomic E-state index is 13.3. The zero-order valence-electron chi connectivity index (χ0n) is 19.0. The highest BCUT2D eigenvalue weighted by atomic mass is 32.2. The van der Waals surface area contributed by atoms with Crippen LogP contribution in [0.15, 0.2) is 66.0 Å². The van der Waals surface area contributed by atoms with Gasteiger partial charge >= 0.3 is 5.97 Å². The lowest BCUT2D eigenvalue weighted by Gasteiger charge is -2.36. The summed E-state index contributed by atoms with van der Waals surface area (Å²) in [7, 11) is 0. The average molecular weight is 497 g/mol. The number of nitrogens with zero attached hydrogens (tertiary/aromatic N) is 3. The van der Waals surface area contributed by atoms with Gasteiger partial charge in [0.15, 0.2) is 5.17 Å². The molecule has 0 aromatic heterocycles. The van der Waals surface area contributed by atoms with E-state index in [9.17, 15) is 14.0 Å². The van der Waals surface area contributed by atoms with Crippen LogP contribution in [0.3, 0.4) is 0 Å². The molecule has 2 aromatic rings.